The van der Waals surface area contributed by atoms with Gasteiger partial charge in [-0.25, -0.2) is 4.79 Å². The Kier molecular flexibility index (Phi) is 6.68. The minimum Gasteiger partial charge on any atom is -0.491 e. The van der Waals surface area contributed by atoms with E-state index in [4.69, 9.17) is 22.1 Å². The number of ether oxygens (including phenoxy) is 1. The predicted octanol–water partition coefficient (Wildman–Crippen LogP) is 3.69. The number of carboxylic acids is 1. The molecule has 26 heavy (non-hydrogen) atoms. The molecule has 0 fully saturated rings. The van der Waals surface area contributed by atoms with Crippen molar-refractivity contribution in [3.8, 4) is 5.75 Å². The predicted molar refractivity (Wildman–Crippen MR) is 104 cm³/mol. The summed E-state index contributed by atoms with van der Waals surface area (Å²) >= 11 is 5.13. The maximum Gasteiger partial charge on any atom is 0.335 e. The van der Waals surface area contributed by atoms with Crippen LogP contribution < -0.4 is 15.4 Å². The van der Waals surface area contributed by atoms with Gasteiger partial charge in [0, 0.05) is 11.3 Å². The van der Waals surface area contributed by atoms with E-state index in [-0.39, 0.29) is 22.7 Å². The smallest absolute Gasteiger partial charge is 0.335 e. The van der Waals surface area contributed by atoms with Gasteiger partial charge >= 0.3 is 5.97 Å². The number of carbonyl (C=O) groups is 2. The highest BCUT2D eigenvalue weighted by Gasteiger charge is 2.10. The number of hydrogen-bond donors (Lipinski definition) is 3. The van der Waals surface area contributed by atoms with Gasteiger partial charge in [0.05, 0.1) is 11.7 Å². The summed E-state index contributed by atoms with van der Waals surface area (Å²) in [6.45, 7) is 3.98. The molecular formula is C19H20N2O4S. The van der Waals surface area contributed by atoms with Crippen molar-refractivity contribution < 1.29 is 19.4 Å². The molecule has 0 unspecified atom stereocenters. The molecule has 2 aromatic carbocycles. The molecule has 136 valence electrons. The van der Waals surface area contributed by atoms with Crippen molar-refractivity contribution >= 4 is 34.9 Å². The van der Waals surface area contributed by atoms with Gasteiger partial charge in [0.2, 0.25) is 0 Å². The fourth-order valence-corrected chi connectivity index (χ4v) is 2.27. The standard InChI is InChI=1S/C19H20N2O4S/c1-3-12(2)25-16-6-4-5-14(11-16)17(22)21-19(26)20-15-9-7-13(8-10-15)18(23)24/h4-12H,3H2,1-2H3,(H,23,24)(H2,20,21,22,26)/t12-/m0/s1. The van der Waals surface area contributed by atoms with E-state index in [9.17, 15) is 9.59 Å². The number of rotatable bonds is 6. The fraction of sp³-hybridized carbons (Fsp3) is 0.211. The van der Waals surface area contributed by atoms with Crippen molar-refractivity contribution in [2.45, 2.75) is 26.4 Å². The Morgan fingerprint density at radius 2 is 1.85 bits per heavy atom. The third kappa shape index (κ3) is 5.56. The molecule has 1 atom stereocenters. The first-order valence-electron chi connectivity index (χ1n) is 8.11. The SMILES string of the molecule is CC[C@H](C)Oc1cccc(C(=O)NC(=S)Nc2ccc(C(=O)O)cc2)c1. The molecule has 0 radical (unpaired) electrons. The molecule has 0 saturated heterocycles. The first-order chi connectivity index (χ1) is 12.4. The minimum atomic E-state index is -1.01. The van der Waals surface area contributed by atoms with E-state index < -0.39 is 5.97 Å². The number of hydrogen-bond acceptors (Lipinski definition) is 4. The van der Waals surface area contributed by atoms with Gasteiger partial charge in [-0.1, -0.05) is 13.0 Å². The van der Waals surface area contributed by atoms with Crippen LogP contribution in [0.15, 0.2) is 48.5 Å². The Morgan fingerprint density at radius 3 is 2.46 bits per heavy atom. The summed E-state index contributed by atoms with van der Waals surface area (Å²) in [5.41, 5.74) is 1.17. The fourth-order valence-electron chi connectivity index (χ4n) is 2.06. The first kappa shape index (κ1) is 19.4. The highest BCUT2D eigenvalue weighted by Crippen LogP contribution is 2.16. The van der Waals surface area contributed by atoms with E-state index in [0.29, 0.717) is 17.0 Å². The van der Waals surface area contributed by atoms with Gasteiger partial charge in [0.15, 0.2) is 5.11 Å². The number of carbonyl (C=O) groups excluding carboxylic acids is 1. The molecule has 2 aromatic rings. The lowest BCUT2D eigenvalue weighted by Crippen LogP contribution is -2.34. The first-order valence-corrected chi connectivity index (χ1v) is 8.52. The summed E-state index contributed by atoms with van der Waals surface area (Å²) in [5, 5.41) is 14.4. The van der Waals surface area contributed by atoms with Crippen LogP contribution >= 0.6 is 12.2 Å². The summed E-state index contributed by atoms with van der Waals surface area (Å²) in [4.78, 5) is 23.2. The third-order valence-electron chi connectivity index (χ3n) is 3.63. The molecule has 0 saturated carbocycles. The molecule has 0 spiro atoms. The lowest BCUT2D eigenvalue weighted by atomic mass is 10.2. The van der Waals surface area contributed by atoms with E-state index >= 15 is 0 Å². The van der Waals surface area contributed by atoms with Gasteiger partial charge in [-0.3, -0.25) is 10.1 Å². The van der Waals surface area contributed by atoms with Crippen LogP contribution in [-0.2, 0) is 0 Å². The number of nitrogens with one attached hydrogen (secondary N) is 2. The zero-order chi connectivity index (χ0) is 19.1. The summed E-state index contributed by atoms with van der Waals surface area (Å²) in [6.07, 6.45) is 0.926. The second-order valence-corrected chi connectivity index (χ2v) is 6.06. The Hall–Kier alpha value is -2.93. The quantitative estimate of drug-likeness (QED) is 0.671. The number of anilines is 1. The molecule has 0 bridgehead atoms. The van der Waals surface area contributed by atoms with Gasteiger partial charge in [-0.2, -0.15) is 0 Å². The van der Waals surface area contributed by atoms with Crippen molar-refractivity contribution in [1.29, 1.82) is 0 Å². The zero-order valence-electron chi connectivity index (χ0n) is 14.5. The monoisotopic (exact) mass is 372 g/mol. The van der Waals surface area contributed by atoms with Crippen LogP contribution in [0.1, 0.15) is 41.0 Å². The van der Waals surface area contributed by atoms with Crippen molar-refractivity contribution in [1.82, 2.24) is 5.32 Å². The van der Waals surface area contributed by atoms with Crippen LogP contribution in [0, 0.1) is 0 Å². The summed E-state index contributed by atoms with van der Waals surface area (Å²) in [7, 11) is 0. The average molecular weight is 372 g/mol. The zero-order valence-corrected chi connectivity index (χ0v) is 15.3. The van der Waals surface area contributed by atoms with Crippen molar-refractivity contribution in [3.63, 3.8) is 0 Å². The Balaban J connectivity index is 1.97. The van der Waals surface area contributed by atoms with Crippen LogP contribution in [0.25, 0.3) is 0 Å². The van der Waals surface area contributed by atoms with E-state index in [1.807, 2.05) is 13.8 Å². The van der Waals surface area contributed by atoms with Gasteiger partial charge in [0.1, 0.15) is 5.75 Å². The van der Waals surface area contributed by atoms with Crippen LogP contribution in [0.2, 0.25) is 0 Å². The topological polar surface area (TPSA) is 87.7 Å². The number of amides is 1. The van der Waals surface area contributed by atoms with Crippen LogP contribution in [0.3, 0.4) is 0 Å². The maximum absolute atomic E-state index is 12.3. The van der Waals surface area contributed by atoms with Crippen molar-refractivity contribution in [2.24, 2.45) is 0 Å². The Morgan fingerprint density at radius 1 is 1.15 bits per heavy atom. The van der Waals surface area contributed by atoms with Crippen LogP contribution in [-0.4, -0.2) is 28.2 Å². The molecule has 3 N–H and O–H groups in total. The molecule has 2 rings (SSSR count). The molecule has 6 nitrogen and oxygen atoms in total. The molecule has 0 aliphatic rings. The largest absolute Gasteiger partial charge is 0.491 e. The van der Waals surface area contributed by atoms with E-state index in [1.54, 1.807) is 36.4 Å². The van der Waals surface area contributed by atoms with Gasteiger partial charge in [-0.15, -0.1) is 0 Å². The van der Waals surface area contributed by atoms with Crippen molar-refractivity contribution in [2.75, 3.05) is 5.32 Å². The summed E-state index contributed by atoms with van der Waals surface area (Å²) in [6, 6.07) is 12.9. The van der Waals surface area contributed by atoms with Crippen LogP contribution in [0.5, 0.6) is 5.75 Å². The van der Waals surface area contributed by atoms with Crippen molar-refractivity contribution in [3.05, 3.63) is 59.7 Å². The number of thiocarbonyl (C=S) groups is 1. The lowest BCUT2D eigenvalue weighted by Gasteiger charge is -2.14. The molecule has 0 aliphatic carbocycles. The van der Waals surface area contributed by atoms with E-state index in [1.165, 1.54) is 12.1 Å². The molecule has 0 aliphatic heterocycles. The molecule has 0 aromatic heterocycles. The van der Waals surface area contributed by atoms with E-state index in [2.05, 4.69) is 10.6 Å². The number of carboxylic acid groups (broad SMARTS) is 1. The summed E-state index contributed by atoms with van der Waals surface area (Å²) in [5.74, 6) is -0.749. The van der Waals surface area contributed by atoms with Crippen LogP contribution in [0.4, 0.5) is 5.69 Å². The van der Waals surface area contributed by atoms with E-state index in [0.717, 1.165) is 6.42 Å². The number of aromatic carboxylic acids is 1. The number of benzene rings is 2. The lowest BCUT2D eigenvalue weighted by molar-refractivity contribution is 0.0696. The average Bonchev–Trinajstić information content (AvgIpc) is 2.62. The summed E-state index contributed by atoms with van der Waals surface area (Å²) < 4.78 is 5.71. The van der Waals surface area contributed by atoms with Gasteiger partial charge < -0.3 is 15.2 Å². The van der Waals surface area contributed by atoms with Gasteiger partial charge in [0.25, 0.3) is 5.91 Å². The molecular weight excluding hydrogens is 352 g/mol. The maximum atomic E-state index is 12.3. The third-order valence-corrected chi connectivity index (χ3v) is 3.83. The normalized spacial score (nSPS) is 11.3. The highest BCUT2D eigenvalue weighted by atomic mass is 32.1. The molecule has 7 heteroatoms. The molecule has 1 amide bonds. The Bertz CT molecular complexity index is 805. The highest BCUT2D eigenvalue weighted by molar-refractivity contribution is 7.80. The Labute approximate surface area is 157 Å². The second kappa shape index (κ2) is 8.96. The molecule has 0 heterocycles. The minimum absolute atomic E-state index is 0.0600. The van der Waals surface area contributed by atoms with Gasteiger partial charge in [-0.05, 0) is 68.0 Å². The second-order valence-electron chi connectivity index (χ2n) is 5.66.